The zero-order valence-electron chi connectivity index (χ0n) is 22.4. The molecule has 0 unspecified atom stereocenters. The Morgan fingerprint density at radius 2 is 1.63 bits per heavy atom. The summed E-state index contributed by atoms with van der Waals surface area (Å²) >= 11 is 1.88. The summed E-state index contributed by atoms with van der Waals surface area (Å²) in [6, 6.07) is 17.4. The van der Waals surface area contributed by atoms with Gasteiger partial charge in [0.1, 0.15) is 5.65 Å². The van der Waals surface area contributed by atoms with E-state index in [9.17, 15) is 0 Å². The van der Waals surface area contributed by atoms with Crippen molar-refractivity contribution in [1.29, 1.82) is 0 Å². The van der Waals surface area contributed by atoms with Gasteiger partial charge < -0.3 is 19.7 Å². The predicted molar refractivity (Wildman–Crippen MR) is 160 cm³/mol. The Morgan fingerprint density at radius 1 is 0.895 bits per heavy atom. The topological polar surface area (TPSA) is 41.6 Å². The second-order valence-electron chi connectivity index (χ2n) is 10.5. The van der Waals surface area contributed by atoms with Crippen molar-refractivity contribution in [3.05, 3.63) is 65.9 Å². The number of rotatable bonds is 5. The first-order valence-electron chi connectivity index (χ1n) is 13.6. The number of piperazine rings is 2. The van der Waals surface area contributed by atoms with Gasteiger partial charge in [0.25, 0.3) is 0 Å². The maximum absolute atomic E-state index is 4.87. The molecule has 0 radical (unpaired) electrons. The summed E-state index contributed by atoms with van der Waals surface area (Å²) in [6.45, 7) is 9.31. The van der Waals surface area contributed by atoms with Crippen molar-refractivity contribution < 1.29 is 0 Å². The molecule has 2 fully saturated rings. The van der Waals surface area contributed by atoms with Crippen LogP contribution in [0.2, 0.25) is 0 Å². The normalized spacial score (nSPS) is 17.7. The van der Waals surface area contributed by atoms with Crippen molar-refractivity contribution in [3.8, 4) is 11.8 Å². The third-order valence-electron chi connectivity index (χ3n) is 7.75. The molecule has 0 spiro atoms. The van der Waals surface area contributed by atoms with Crippen LogP contribution in [-0.4, -0.2) is 97.7 Å². The molecule has 2 saturated heterocycles. The van der Waals surface area contributed by atoms with Gasteiger partial charge in [-0.2, -0.15) is 0 Å². The molecule has 1 N–H and O–H groups in total. The summed E-state index contributed by atoms with van der Waals surface area (Å²) < 4.78 is 0. The first-order valence-corrected chi connectivity index (χ1v) is 14.6. The number of thioether (sulfide) groups is 1. The number of nitrogens with one attached hydrogen (secondary N) is 1. The second kappa shape index (κ2) is 11.4. The first-order chi connectivity index (χ1) is 18.6. The Hall–Kier alpha value is -3.02. The third kappa shape index (κ3) is 5.55. The number of aromatic nitrogens is 2. The number of anilines is 1. The van der Waals surface area contributed by atoms with Gasteiger partial charge in [-0.15, -0.1) is 11.8 Å². The molecule has 4 aromatic rings. The van der Waals surface area contributed by atoms with Gasteiger partial charge in [-0.1, -0.05) is 36.1 Å². The van der Waals surface area contributed by atoms with Crippen LogP contribution in [0.5, 0.6) is 0 Å². The highest BCUT2D eigenvalue weighted by Gasteiger charge is 2.22. The summed E-state index contributed by atoms with van der Waals surface area (Å²) in [6.07, 6.45) is 1.98. The zero-order valence-corrected chi connectivity index (χ0v) is 23.2. The lowest BCUT2D eigenvalue weighted by Gasteiger charge is -2.35. The molecule has 6 nitrogen and oxygen atoms in total. The minimum absolute atomic E-state index is 0.808. The molecule has 0 saturated carbocycles. The third-order valence-corrected chi connectivity index (χ3v) is 8.83. The standard InChI is InChI=1S/C31H36N6S/c1-34-13-17-36(18-14-34)12-6-7-25-22-32-31-29(30(25)37-19-15-35(2)16-20-37)27-21-24(10-11-28(27)33-31)23-38-26-8-4-3-5-9-26/h3-5,8-11,21-22H,12-20,23H2,1-2H3,(H,32,33). The van der Waals surface area contributed by atoms with Gasteiger partial charge in [0.15, 0.2) is 0 Å². The fraction of sp³-hybridized carbons (Fsp3) is 0.387. The molecule has 38 heavy (non-hydrogen) atoms. The summed E-state index contributed by atoms with van der Waals surface area (Å²) in [5, 5.41) is 2.46. The van der Waals surface area contributed by atoms with Crippen LogP contribution in [0.4, 0.5) is 5.69 Å². The quantitative estimate of drug-likeness (QED) is 0.309. The molecule has 0 bridgehead atoms. The van der Waals surface area contributed by atoms with Crippen molar-refractivity contribution >= 4 is 39.4 Å². The average Bonchev–Trinajstić information content (AvgIpc) is 3.32. The number of fused-ring (bicyclic) bond motifs is 3. The number of H-pyrrole nitrogens is 1. The van der Waals surface area contributed by atoms with E-state index in [0.29, 0.717) is 0 Å². The van der Waals surface area contributed by atoms with Crippen LogP contribution in [0.15, 0.2) is 59.6 Å². The summed E-state index contributed by atoms with van der Waals surface area (Å²) in [5.74, 6) is 7.98. The van der Waals surface area contributed by atoms with Crippen LogP contribution in [0.3, 0.4) is 0 Å². The molecule has 2 aliphatic rings. The Morgan fingerprint density at radius 3 is 2.39 bits per heavy atom. The van der Waals surface area contributed by atoms with E-state index in [1.807, 2.05) is 18.0 Å². The number of aromatic amines is 1. The Labute approximate surface area is 230 Å². The highest BCUT2D eigenvalue weighted by atomic mass is 32.2. The van der Waals surface area contributed by atoms with Gasteiger partial charge in [-0.05, 0) is 43.9 Å². The number of benzene rings is 2. The number of hydrogen-bond acceptors (Lipinski definition) is 6. The Kier molecular flexibility index (Phi) is 7.57. The lowest BCUT2D eigenvalue weighted by Crippen LogP contribution is -2.45. The molecule has 6 rings (SSSR count). The number of nitrogens with zero attached hydrogens (tertiary/aromatic N) is 5. The second-order valence-corrected chi connectivity index (χ2v) is 11.6. The van der Waals surface area contributed by atoms with Crippen LogP contribution in [0.25, 0.3) is 21.9 Å². The minimum atomic E-state index is 0.808. The van der Waals surface area contributed by atoms with Crippen LogP contribution in [-0.2, 0) is 5.75 Å². The molecular formula is C31H36N6S. The number of likely N-dealkylation sites (N-methyl/N-ethyl adjacent to an activating group) is 2. The van der Waals surface area contributed by atoms with Gasteiger partial charge in [-0.3, -0.25) is 4.90 Å². The van der Waals surface area contributed by atoms with Crippen molar-refractivity contribution in [2.75, 3.05) is 77.9 Å². The van der Waals surface area contributed by atoms with Crippen LogP contribution >= 0.6 is 11.8 Å². The molecule has 4 heterocycles. The molecule has 0 amide bonds. The largest absolute Gasteiger partial charge is 0.367 e. The number of hydrogen-bond donors (Lipinski definition) is 1. The molecule has 196 valence electrons. The van der Waals surface area contributed by atoms with E-state index in [-0.39, 0.29) is 0 Å². The van der Waals surface area contributed by atoms with E-state index in [1.54, 1.807) is 0 Å². The summed E-state index contributed by atoms with van der Waals surface area (Å²) in [4.78, 5) is 19.5. The highest BCUT2D eigenvalue weighted by Crippen LogP contribution is 2.37. The van der Waals surface area contributed by atoms with Gasteiger partial charge in [0.2, 0.25) is 0 Å². The number of pyridine rings is 1. The van der Waals surface area contributed by atoms with Crippen LogP contribution < -0.4 is 4.90 Å². The smallest absolute Gasteiger partial charge is 0.140 e. The van der Waals surface area contributed by atoms with E-state index < -0.39 is 0 Å². The van der Waals surface area contributed by atoms with E-state index >= 15 is 0 Å². The average molecular weight is 525 g/mol. The Bertz CT molecular complexity index is 1450. The van der Waals surface area contributed by atoms with E-state index in [2.05, 4.69) is 99.1 Å². The maximum atomic E-state index is 4.87. The molecule has 2 aliphatic heterocycles. The SMILES string of the molecule is CN1CCN(CC#Cc2cnc3[nH]c4ccc(CSc5ccccc5)cc4c3c2N2CCN(C)CC2)CC1. The molecule has 0 atom stereocenters. The van der Waals surface area contributed by atoms with Crippen LogP contribution in [0, 0.1) is 11.8 Å². The van der Waals surface area contributed by atoms with Crippen molar-refractivity contribution in [1.82, 2.24) is 24.7 Å². The van der Waals surface area contributed by atoms with Crippen molar-refractivity contribution in [3.63, 3.8) is 0 Å². The van der Waals surface area contributed by atoms with Gasteiger partial charge in [0, 0.05) is 80.1 Å². The molecule has 7 heteroatoms. The summed E-state index contributed by atoms with van der Waals surface area (Å²) in [7, 11) is 4.40. The maximum Gasteiger partial charge on any atom is 0.140 e. The van der Waals surface area contributed by atoms with Gasteiger partial charge >= 0.3 is 0 Å². The van der Waals surface area contributed by atoms with Crippen LogP contribution in [0.1, 0.15) is 11.1 Å². The van der Waals surface area contributed by atoms with Crippen molar-refractivity contribution in [2.24, 2.45) is 0 Å². The summed E-state index contributed by atoms with van der Waals surface area (Å²) in [5.41, 5.74) is 5.70. The fourth-order valence-corrected chi connectivity index (χ4v) is 6.22. The zero-order chi connectivity index (χ0) is 25.9. The lowest BCUT2D eigenvalue weighted by atomic mass is 10.1. The van der Waals surface area contributed by atoms with E-state index in [4.69, 9.17) is 4.98 Å². The molecule has 2 aromatic heterocycles. The van der Waals surface area contributed by atoms with Crippen molar-refractivity contribution in [2.45, 2.75) is 10.6 Å². The molecule has 2 aromatic carbocycles. The first kappa shape index (κ1) is 25.3. The predicted octanol–water partition coefficient (Wildman–Crippen LogP) is 4.36. The van der Waals surface area contributed by atoms with Gasteiger partial charge in [0.05, 0.1) is 23.2 Å². The van der Waals surface area contributed by atoms with E-state index in [1.165, 1.54) is 26.9 Å². The minimum Gasteiger partial charge on any atom is -0.367 e. The molecule has 0 aliphatic carbocycles. The van der Waals surface area contributed by atoms with E-state index in [0.717, 1.165) is 81.4 Å². The lowest BCUT2D eigenvalue weighted by molar-refractivity contribution is 0.168. The Balaban J connectivity index is 1.36. The van der Waals surface area contributed by atoms with Gasteiger partial charge in [-0.25, -0.2) is 4.98 Å². The fourth-order valence-electron chi connectivity index (χ4n) is 5.36. The monoisotopic (exact) mass is 524 g/mol. The highest BCUT2D eigenvalue weighted by molar-refractivity contribution is 7.98. The molecular weight excluding hydrogens is 488 g/mol.